The van der Waals surface area contributed by atoms with Crippen molar-refractivity contribution in [3.8, 4) is 0 Å². The molecule has 1 aliphatic heterocycles. The van der Waals surface area contributed by atoms with Crippen LogP contribution in [0.2, 0.25) is 0 Å². The summed E-state index contributed by atoms with van der Waals surface area (Å²) in [6.45, 7) is 5.55. The molecule has 21 heavy (non-hydrogen) atoms. The third-order valence-corrected chi connectivity index (χ3v) is 4.20. The summed E-state index contributed by atoms with van der Waals surface area (Å²) in [7, 11) is 0. The van der Waals surface area contributed by atoms with Crippen LogP contribution in [0.25, 0.3) is 10.9 Å². The number of para-hydroxylation sites is 1. The molecule has 112 valence electrons. The maximum absolute atomic E-state index is 5.80. The quantitative estimate of drug-likeness (QED) is 0.903. The van der Waals surface area contributed by atoms with E-state index in [-0.39, 0.29) is 0 Å². The van der Waals surface area contributed by atoms with Crippen molar-refractivity contribution in [3.63, 3.8) is 0 Å². The summed E-state index contributed by atoms with van der Waals surface area (Å²) in [5.74, 6) is 1.16. The largest absolute Gasteiger partial charge is 0.368 e. The Morgan fingerprint density at radius 2 is 1.95 bits per heavy atom. The van der Waals surface area contributed by atoms with E-state index in [0.717, 1.165) is 23.3 Å². The zero-order valence-electron chi connectivity index (χ0n) is 12.5. The van der Waals surface area contributed by atoms with Gasteiger partial charge in [0.05, 0.1) is 5.52 Å². The average molecular weight is 285 g/mol. The predicted molar refractivity (Wildman–Crippen MR) is 87.3 cm³/mol. The van der Waals surface area contributed by atoms with Gasteiger partial charge in [-0.1, -0.05) is 18.6 Å². The summed E-state index contributed by atoms with van der Waals surface area (Å²) in [6.07, 6.45) is 3.99. The molecule has 3 N–H and O–H groups in total. The van der Waals surface area contributed by atoms with Crippen LogP contribution in [-0.4, -0.2) is 40.5 Å². The van der Waals surface area contributed by atoms with Gasteiger partial charge >= 0.3 is 0 Å². The molecule has 1 aromatic heterocycles. The Hall–Kier alpha value is -1.88. The van der Waals surface area contributed by atoms with E-state index < -0.39 is 0 Å². The highest BCUT2D eigenvalue weighted by molar-refractivity contribution is 5.89. The van der Waals surface area contributed by atoms with E-state index >= 15 is 0 Å². The lowest BCUT2D eigenvalue weighted by Gasteiger charge is -2.32. The van der Waals surface area contributed by atoms with Gasteiger partial charge in [0.1, 0.15) is 5.82 Å². The zero-order valence-corrected chi connectivity index (χ0v) is 12.5. The van der Waals surface area contributed by atoms with Crippen molar-refractivity contribution in [2.75, 3.05) is 30.7 Å². The van der Waals surface area contributed by atoms with Crippen LogP contribution in [0.5, 0.6) is 0 Å². The Kier molecular flexibility index (Phi) is 4.20. The van der Waals surface area contributed by atoms with Crippen LogP contribution in [-0.2, 0) is 0 Å². The van der Waals surface area contributed by atoms with Crippen molar-refractivity contribution in [3.05, 3.63) is 24.3 Å². The molecular formula is C16H23N5. The van der Waals surface area contributed by atoms with Crippen molar-refractivity contribution < 1.29 is 0 Å². The fourth-order valence-electron chi connectivity index (χ4n) is 2.96. The number of rotatable bonds is 4. The molecule has 5 heteroatoms. The Bertz CT molecular complexity index is 607. The summed E-state index contributed by atoms with van der Waals surface area (Å²) in [5.41, 5.74) is 6.69. The molecule has 1 aliphatic rings. The molecule has 0 spiro atoms. The van der Waals surface area contributed by atoms with Gasteiger partial charge in [-0.05, 0) is 45.0 Å². The SMILES string of the molecule is CC(CNc1nc(N)nc2ccccc12)N1CCCCC1. The maximum atomic E-state index is 5.80. The first-order valence-electron chi connectivity index (χ1n) is 7.74. The number of nitrogens with two attached hydrogens (primary N) is 1. The van der Waals surface area contributed by atoms with Gasteiger partial charge in [-0.15, -0.1) is 0 Å². The Balaban J connectivity index is 1.72. The number of benzene rings is 1. The molecule has 0 amide bonds. The van der Waals surface area contributed by atoms with Crippen LogP contribution in [0.15, 0.2) is 24.3 Å². The lowest BCUT2D eigenvalue weighted by Crippen LogP contribution is -2.41. The van der Waals surface area contributed by atoms with Gasteiger partial charge in [0.15, 0.2) is 0 Å². The number of nitrogens with one attached hydrogen (secondary N) is 1. The number of anilines is 2. The molecule has 0 aliphatic carbocycles. The maximum Gasteiger partial charge on any atom is 0.222 e. The number of aromatic nitrogens is 2. The van der Waals surface area contributed by atoms with E-state index in [0.29, 0.717) is 12.0 Å². The highest BCUT2D eigenvalue weighted by Crippen LogP contribution is 2.21. The Morgan fingerprint density at radius 3 is 2.76 bits per heavy atom. The lowest BCUT2D eigenvalue weighted by molar-refractivity contribution is 0.180. The second-order valence-electron chi connectivity index (χ2n) is 5.77. The molecule has 0 radical (unpaired) electrons. The minimum absolute atomic E-state index is 0.321. The topological polar surface area (TPSA) is 67.1 Å². The summed E-state index contributed by atoms with van der Waals surface area (Å²) in [4.78, 5) is 11.2. The number of hydrogen-bond donors (Lipinski definition) is 2. The Labute approximate surface area is 125 Å². The first-order valence-corrected chi connectivity index (χ1v) is 7.74. The highest BCUT2D eigenvalue weighted by atomic mass is 15.2. The molecule has 1 unspecified atom stereocenters. The second-order valence-corrected chi connectivity index (χ2v) is 5.77. The number of nitrogen functional groups attached to an aromatic ring is 1. The first-order chi connectivity index (χ1) is 10.2. The minimum atomic E-state index is 0.321. The van der Waals surface area contributed by atoms with Gasteiger partial charge in [0, 0.05) is 18.0 Å². The van der Waals surface area contributed by atoms with Gasteiger partial charge in [-0.2, -0.15) is 4.98 Å². The fraction of sp³-hybridized carbons (Fsp3) is 0.500. The summed E-state index contributed by atoms with van der Waals surface area (Å²) < 4.78 is 0. The molecule has 3 rings (SSSR count). The van der Waals surface area contributed by atoms with Crippen molar-refractivity contribution in [2.45, 2.75) is 32.2 Å². The standard InChI is InChI=1S/C16H23N5/c1-12(21-9-5-2-6-10-21)11-18-15-13-7-3-4-8-14(13)19-16(17)20-15/h3-4,7-8,12H,2,5-6,9-11H2,1H3,(H3,17,18,19,20). The third-order valence-electron chi connectivity index (χ3n) is 4.20. The zero-order chi connectivity index (χ0) is 14.7. The molecular weight excluding hydrogens is 262 g/mol. The number of fused-ring (bicyclic) bond motifs is 1. The fourth-order valence-corrected chi connectivity index (χ4v) is 2.96. The monoisotopic (exact) mass is 285 g/mol. The van der Waals surface area contributed by atoms with E-state index in [2.05, 4.69) is 27.1 Å². The first kappa shape index (κ1) is 14.1. The lowest BCUT2D eigenvalue weighted by atomic mass is 10.1. The van der Waals surface area contributed by atoms with Crippen LogP contribution in [0.3, 0.4) is 0 Å². The van der Waals surface area contributed by atoms with E-state index in [1.807, 2.05) is 24.3 Å². The molecule has 2 aromatic rings. The van der Waals surface area contributed by atoms with Crippen molar-refractivity contribution in [2.24, 2.45) is 0 Å². The molecule has 0 bridgehead atoms. The molecule has 1 saturated heterocycles. The van der Waals surface area contributed by atoms with Crippen LogP contribution < -0.4 is 11.1 Å². The van der Waals surface area contributed by atoms with Gasteiger partial charge in [0.2, 0.25) is 5.95 Å². The van der Waals surface area contributed by atoms with Gasteiger partial charge in [-0.3, -0.25) is 4.90 Å². The van der Waals surface area contributed by atoms with Gasteiger partial charge in [-0.25, -0.2) is 4.98 Å². The average Bonchev–Trinajstić information content (AvgIpc) is 2.53. The highest BCUT2D eigenvalue weighted by Gasteiger charge is 2.16. The van der Waals surface area contributed by atoms with Crippen LogP contribution in [0.1, 0.15) is 26.2 Å². The van der Waals surface area contributed by atoms with E-state index in [9.17, 15) is 0 Å². The normalized spacial score (nSPS) is 17.8. The molecule has 5 nitrogen and oxygen atoms in total. The molecule has 1 aromatic carbocycles. The molecule has 1 fully saturated rings. The van der Waals surface area contributed by atoms with E-state index in [1.165, 1.54) is 32.4 Å². The molecule has 2 heterocycles. The Morgan fingerprint density at radius 1 is 1.19 bits per heavy atom. The van der Waals surface area contributed by atoms with Crippen LogP contribution >= 0.6 is 0 Å². The number of piperidine rings is 1. The van der Waals surface area contributed by atoms with Gasteiger partial charge in [0.25, 0.3) is 0 Å². The van der Waals surface area contributed by atoms with Crippen LogP contribution in [0, 0.1) is 0 Å². The van der Waals surface area contributed by atoms with Crippen molar-refractivity contribution >= 4 is 22.7 Å². The van der Waals surface area contributed by atoms with Crippen LogP contribution in [0.4, 0.5) is 11.8 Å². The van der Waals surface area contributed by atoms with E-state index in [1.54, 1.807) is 0 Å². The van der Waals surface area contributed by atoms with E-state index in [4.69, 9.17) is 5.73 Å². The number of hydrogen-bond acceptors (Lipinski definition) is 5. The minimum Gasteiger partial charge on any atom is -0.368 e. The smallest absolute Gasteiger partial charge is 0.222 e. The molecule has 0 saturated carbocycles. The second kappa shape index (κ2) is 6.26. The van der Waals surface area contributed by atoms with Crippen molar-refractivity contribution in [1.29, 1.82) is 0 Å². The predicted octanol–water partition coefficient (Wildman–Crippen LogP) is 2.50. The summed E-state index contributed by atoms with van der Waals surface area (Å²) >= 11 is 0. The number of nitrogens with zero attached hydrogens (tertiary/aromatic N) is 3. The third kappa shape index (κ3) is 3.24. The van der Waals surface area contributed by atoms with Gasteiger partial charge < -0.3 is 11.1 Å². The molecule has 1 atom stereocenters. The van der Waals surface area contributed by atoms with Crippen molar-refractivity contribution in [1.82, 2.24) is 14.9 Å². The number of likely N-dealkylation sites (tertiary alicyclic amines) is 1. The summed E-state index contributed by atoms with van der Waals surface area (Å²) in [6, 6.07) is 8.46. The summed E-state index contributed by atoms with van der Waals surface area (Å²) in [5, 5.41) is 4.48.